The standard InChI is InChI=1S/C21H24Cl2N2/c1-2-3-4-6-11-19(25-24-18-9-7-5-8-10-18)14-12-17-13-15-20(22)21(23)16-17/h5,7-10,12-16,24H,2-4,6,11H2,1H3/b14-12?,25-19+. The van der Waals surface area contributed by atoms with Gasteiger partial charge in [-0.2, -0.15) is 5.10 Å². The lowest BCUT2D eigenvalue weighted by Gasteiger charge is -2.05. The van der Waals surface area contributed by atoms with Gasteiger partial charge in [-0.05, 0) is 48.7 Å². The first kappa shape index (κ1) is 19.6. The molecule has 0 unspecified atom stereocenters. The number of hydrazone groups is 1. The van der Waals surface area contributed by atoms with E-state index in [-0.39, 0.29) is 0 Å². The summed E-state index contributed by atoms with van der Waals surface area (Å²) in [7, 11) is 0. The highest BCUT2D eigenvalue weighted by Crippen LogP contribution is 2.23. The number of nitrogens with zero attached hydrogens (tertiary/aromatic N) is 1. The Morgan fingerprint density at radius 2 is 1.80 bits per heavy atom. The summed E-state index contributed by atoms with van der Waals surface area (Å²) >= 11 is 12.0. The van der Waals surface area contributed by atoms with Crippen molar-refractivity contribution in [3.8, 4) is 0 Å². The van der Waals surface area contributed by atoms with E-state index in [9.17, 15) is 0 Å². The minimum Gasteiger partial charge on any atom is -0.278 e. The third-order valence-corrected chi connectivity index (χ3v) is 4.54. The Kier molecular flexibility index (Phi) is 8.58. The summed E-state index contributed by atoms with van der Waals surface area (Å²) in [5.41, 5.74) is 6.14. The van der Waals surface area contributed by atoms with E-state index in [1.54, 1.807) is 0 Å². The quantitative estimate of drug-likeness (QED) is 0.275. The molecule has 2 nitrogen and oxygen atoms in total. The molecule has 0 amide bonds. The van der Waals surface area contributed by atoms with Crippen molar-refractivity contribution in [1.29, 1.82) is 0 Å². The number of benzene rings is 2. The van der Waals surface area contributed by atoms with Crippen molar-refractivity contribution in [2.45, 2.75) is 39.0 Å². The highest BCUT2D eigenvalue weighted by Gasteiger charge is 1.99. The molecule has 0 bridgehead atoms. The van der Waals surface area contributed by atoms with Crippen molar-refractivity contribution in [2.24, 2.45) is 5.10 Å². The molecule has 0 saturated carbocycles. The SMILES string of the molecule is CCCCCC/C(C=Cc1ccc(Cl)c(Cl)c1)=N\Nc1ccccc1. The summed E-state index contributed by atoms with van der Waals surface area (Å²) in [5, 5.41) is 5.70. The molecule has 0 aliphatic heterocycles. The first-order valence-corrected chi connectivity index (χ1v) is 9.45. The van der Waals surface area contributed by atoms with Crippen LogP contribution in [0.4, 0.5) is 5.69 Å². The summed E-state index contributed by atoms with van der Waals surface area (Å²) in [6.45, 7) is 2.22. The van der Waals surface area contributed by atoms with Crippen molar-refractivity contribution in [1.82, 2.24) is 0 Å². The number of para-hydroxylation sites is 1. The molecule has 2 aromatic carbocycles. The number of unbranched alkanes of at least 4 members (excludes halogenated alkanes) is 3. The fourth-order valence-corrected chi connectivity index (χ4v) is 2.67. The monoisotopic (exact) mass is 374 g/mol. The maximum absolute atomic E-state index is 6.08. The van der Waals surface area contributed by atoms with Crippen LogP contribution < -0.4 is 5.43 Å². The van der Waals surface area contributed by atoms with Gasteiger partial charge in [0, 0.05) is 0 Å². The van der Waals surface area contributed by atoms with Gasteiger partial charge >= 0.3 is 0 Å². The number of hydrogen-bond acceptors (Lipinski definition) is 2. The predicted octanol–water partition coefficient (Wildman–Crippen LogP) is 7.45. The van der Waals surface area contributed by atoms with E-state index in [0.717, 1.165) is 29.8 Å². The minimum atomic E-state index is 0.563. The van der Waals surface area contributed by atoms with Crippen molar-refractivity contribution >= 4 is 40.7 Å². The van der Waals surface area contributed by atoms with Crippen molar-refractivity contribution in [3.63, 3.8) is 0 Å². The minimum absolute atomic E-state index is 0.563. The van der Waals surface area contributed by atoms with Crippen LogP contribution in [0, 0.1) is 0 Å². The first-order chi connectivity index (χ1) is 12.2. The average Bonchev–Trinajstić information content (AvgIpc) is 2.64. The van der Waals surface area contributed by atoms with Crippen molar-refractivity contribution < 1.29 is 0 Å². The molecular weight excluding hydrogens is 351 g/mol. The molecule has 0 aliphatic rings. The van der Waals surface area contributed by atoms with Crippen LogP contribution >= 0.6 is 23.2 Å². The molecule has 0 aliphatic carbocycles. The molecule has 1 N–H and O–H groups in total. The fraction of sp³-hybridized carbons (Fsp3) is 0.286. The Labute approximate surface area is 160 Å². The molecule has 0 radical (unpaired) electrons. The second-order valence-electron chi connectivity index (χ2n) is 5.90. The third kappa shape index (κ3) is 7.33. The molecule has 0 atom stereocenters. The molecule has 0 saturated heterocycles. The highest BCUT2D eigenvalue weighted by atomic mass is 35.5. The van der Waals surface area contributed by atoms with Crippen molar-refractivity contribution in [3.05, 3.63) is 70.2 Å². The average molecular weight is 375 g/mol. The number of halogens is 2. The van der Waals surface area contributed by atoms with Crippen LogP contribution in [0.15, 0.2) is 59.7 Å². The van der Waals surface area contributed by atoms with E-state index in [0.29, 0.717) is 10.0 Å². The zero-order valence-corrected chi connectivity index (χ0v) is 16.0. The zero-order chi connectivity index (χ0) is 17.9. The van der Waals surface area contributed by atoms with Crippen molar-refractivity contribution in [2.75, 3.05) is 5.43 Å². The maximum atomic E-state index is 6.08. The lowest BCUT2D eigenvalue weighted by atomic mass is 10.1. The molecule has 0 fully saturated rings. The number of nitrogens with one attached hydrogen (secondary N) is 1. The normalized spacial score (nSPS) is 11.9. The molecule has 2 aromatic rings. The summed E-state index contributed by atoms with van der Waals surface area (Å²) < 4.78 is 0. The smallest absolute Gasteiger partial charge is 0.0607 e. The van der Waals surface area contributed by atoms with Gasteiger partial charge in [-0.1, -0.05) is 79.7 Å². The van der Waals surface area contributed by atoms with Crippen LogP contribution in [0.3, 0.4) is 0 Å². The lowest BCUT2D eigenvalue weighted by molar-refractivity contribution is 0.683. The van der Waals surface area contributed by atoms with Crippen LogP contribution in [0.5, 0.6) is 0 Å². The van der Waals surface area contributed by atoms with E-state index in [1.807, 2.05) is 60.7 Å². The molecule has 0 heterocycles. The van der Waals surface area contributed by atoms with E-state index in [1.165, 1.54) is 19.3 Å². The molecule has 132 valence electrons. The molecule has 4 heteroatoms. The third-order valence-electron chi connectivity index (χ3n) is 3.80. The van der Waals surface area contributed by atoms with Gasteiger partial charge in [-0.15, -0.1) is 0 Å². The number of rotatable bonds is 9. The summed E-state index contributed by atoms with van der Waals surface area (Å²) in [6, 6.07) is 15.6. The Hall–Kier alpha value is -1.77. The second kappa shape index (κ2) is 11.0. The zero-order valence-electron chi connectivity index (χ0n) is 14.5. The number of hydrogen-bond donors (Lipinski definition) is 1. The van der Waals surface area contributed by atoms with Crippen LogP contribution in [0.1, 0.15) is 44.6 Å². The largest absolute Gasteiger partial charge is 0.278 e. The Bertz CT molecular complexity index is 709. The Balaban J connectivity index is 2.06. The molecule has 25 heavy (non-hydrogen) atoms. The topological polar surface area (TPSA) is 24.4 Å². The first-order valence-electron chi connectivity index (χ1n) is 8.70. The van der Waals surface area contributed by atoms with Gasteiger partial charge < -0.3 is 0 Å². The van der Waals surface area contributed by atoms with Crippen LogP contribution in [-0.4, -0.2) is 5.71 Å². The van der Waals surface area contributed by atoms with E-state index in [2.05, 4.69) is 17.5 Å². The summed E-state index contributed by atoms with van der Waals surface area (Å²) in [4.78, 5) is 0. The van der Waals surface area contributed by atoms with Crippen LogP contribution in [-0.2, 0) is 0 Å². The van der Waals surface area contributed by atoms with Gasteiger partial charge in [0.15, 0.2) is 0 Å². The van der Waals surface area contributed by atoms with Gasteiger partial charge in [0.05, 0.1) is 21.4 Å². The highest BCUT2D eigenvalue weighted by molar-refractivity contribution is 6.42. The van der Waals surface area contributed by atoms with E-state index >= 15 is 0 Å². The van der Waals surface area contributed by atoms with Crippen LogP contribution in [0.2, 0.25) is 10.0 Å². The van der Waals surface area contributed by atoms with Gasteiger partial charge in [0.1, 0.15) is 0 Å². The predicted molar refractivity (Wildman–Crippen MR) is 112 cm³/mol. The lowest BCUT2D eigenvalue weighted by Crippen LogP contribution is -1.99. The Morgan fingerprint density at radius 3 is 2.52 bits per heavy atom. The second-order valence-corrected chi connectivity index (χ2v) is 6.71. The number of anilines is 1. The van der Waals surface area contributed by atoms with E-state index in [4.69, 9.17) is 23.2 Å². The summed E-state index contributed by atoms with van der Waals surface area (Å²) in [6.07, 6.45) is 9.85. The molecule has 2 rings (SSSR count). The van der Waals surface area contributed by atoms with Gasteiger partial charge in [0.25, 0.3) is 0 Å². The fourth-order valence-electron chi connectivity index (χ4n) is 2.37. The maximum Gasteiger partial charge on any atom is 0.0607 e. The Morgan fingerprint density at radius 1 is 1.00 bits per heavy atom. The van der Waals surface area contributed by atoms with Gasteiger partial charge in [0.2, 0.25) is 0 Å². The molecule has 0 aromatic heterocycles. The summed E-state index contributed by atoms with van der Waals surface area (Å²) in [5.74, 6) is 0. The molecule has 0 spiro atoms. The van der Waals surface area contributed by atoms with E-state index < -0.39 is 0 Å². The van der Waals surface area contributed by atoms with Gasteiger partial charge in [-0.25, -0.2) is 0 Å². The molecular formula is C21H24Cl2N2. The van der Waals surface area contributed by atoms with Gasteiger partial charge in [-0.3, -0.25) is 5.43 Å². The number of allylic oxidation sites excluding steroid dienone is 1. The van der Waals surface area contributed by atoms with Crippen LogP contribution in [0.25, 0.3) is 6.08 Å².